The molecule has 0 unspecified atom stereocenters. The molecule has 0 amide bonds. The summed E-state index contributed by atoms with van der Waals surface area (Å²) in [6, 6.07) is 9.25. The van der Waals surface area contributed by atoms with Crippen molar-refractivity contribution >= 4 is 16.5 Å². The van der Waals surface area contributed by atoms with Crippen molar-refractivity contribution < 1.29 is 0 Å². The summed E-state index contributed by atoms with van der Waals surface area (Å²) < 4.78 is 0. The Hall–Kier alpha value is -1.54. The van der Waals surface area contributed by atoms with E-state index in [1.54, 1.807) is 0 Å². The van der Waals surface area contributed by atoms with Crippen molar-refractivity contribution in [3.05, 3.63) is 42.1 Å². The maximum absolute atomic E-state index is 4.44. The summed E-state index contributed by atoms with van der Waals surface area (Å²) in [5.74, 6) is 1.37. The normalized spacial score (nSPS) is 29.7. The van der Waals surface area contributed by atoms with Gasteiger partial charge in [-0.2, -0.15) is 0 Å². The van der Waals surface area contributed by atoms with Crippen LogP contribution in [-0.2, 0) is 0 Å². The third-order valence-electron chi connectivity index (χ3n) is 5.47. The smallest absolute Gasteiger partial charge is 0.0469 e. The molecule has 4 rings (SSSR count). The van der Waals surface area contributed by atoms with E-state index < -0.39 is 0 Å². The predicted octanol–water partition coefficient (Wildman–Crippen LogP) is 4.21. The van der Waals surface area contributed by atoms with Gasteiger partial charge < -0.3 is 4.98 Å². The zero-order valence-corrected chi connectivity index (χ0v) is 12.3. The van der Waals surface area contributed by atoms with Crippen molar-refractivity contribution in [3.63, 3.8) is 0 Å². The summed E-state index contributed by atoms with van der Waals surface area (Å²) in [5.41, 5.74) is 5.41. The lowest BCUT2D eigenvalue weighted by Crippen LogP contribution is -2.44. The summed E-state index contributed by atoms with van der Waals surface area (Å²) >= 11 is 0. The zero-order valence-electron chi connectivity index (χ0n) is 12.3. The van der Waals surface area contributed by atoms with Crippen molar-refractivity contribution in [1.82, 2.24) is 9.88 Å². The number of para-hydroxylation sites is 1. The Balaban J connectivity index is 2.03. The number of piperidine rings is 1. The average Bonchev–Trinajstić information content (AvgIpc) is 2.85. The number of rotatable bonds is 1. The molecule has 2 heterocycles. The highest BCUT2D eigenvalue weighted by Gasteiger charge is 2.44. The van der Waals surface area contributed by atoms with Crippen molar-refractivity contribution in [2.75, 3.05) is 13.6 Å². The van der Waals surface area contributed by atoms with Gasteiger partial charge in [-0.15, -0.1) is 0 Å². The molecule has 2 bridgehead atoms. The summed E-state index contributed by atoms with van der Waals surface area (Å²) in [4.78, 5) is 6.19. The number of aromatic nitrogens is 1. The van der Waals surface area contributed by atoms with Gasteiger partial charge in [0.2, 0.25) is 0 Å². The van der Waals surface area contributed by atoms with Gasteiger partial charge in [0, 0.05) is 28.2 Å². The molecule has 0 radical (unpaired) electrons. The van der Waals surface area contributed by atoms with Gasteiger partial charge in [0.1, 0.15) is 0 Å². The number of hydrogen-bond acceptors (Lipinski definition) is 1. The molecule has 0 saturated carbocycles. The van der Waals surface area contributed by atoms with Crippen LogP contribution in [0.3, 0.4) is 0 Å². The molecule has 0 spiro atoms. The summed E-state index contributed by atoms with van der Waals surface area (Å²) in [6.07, 6.45) is 2.48. The highest BCUT2D eigenvalue weighted by molar-refractivity contribution is 5.91. The van der Waals surface area contributed by atoms with Crippen LogP contribution in [0.2, 0.25) is 0 Å². The van der Waals surface area contributed by atoms with Gasteiger partial charge >= 0.3 is 0 Å². The molecule has 2 nitrogen and oxygen atoms in total. The molecule has 2 aromatic rings. The fourth-order valence-corrected chi connectivity index (χ4v) is 4.53. The summed E-state index contributed by atoms with van der Waals surface area (Å²) in [7, 11) is 2.28. The van der Waals surface area contributed by atoms with Gasteiger partial charge in [-0.3, -0.25) is 4.90 Å². The third kappa shape index (κ3) is 1.43. The topological polar surface area (TPSA) is 19.0 Å². The number of aromatic amines is 1. The Morgan fingerprint density at radius 3 is 2.95 bits per heavy atom. The first-order valence-corrected chi connectivity index (χ1v) is 7.72. The molecule has 3 atom stereocenters. The van der Waals surface area contributed by atoms with Gasteiger partial charge in [-0.25, -0.2) is 0 Å². The lowest BCUT2D eigenvalue weighted by Gasteiger charge is -2.48. The Morgan fingerprint density at radius 2 is 2.15 bits per heavy atom. The van der Waals surface area contributed by atoms with E-state index in [4.69, 9.17) is 0 Å². The van der Waals surface area contributed by atoms with Crippen LogP contribution in [0, 0.1) is 11.8 Å². The molecular weight excluding hydrogens is 244 g/mol. The highest BCUT2D eigenvalue weighted by Crippen LogP contribution is 2.53. The Labute approximate surface area is 120 Å². The van der Waals surface area contributed by atoms with Crippen LogP contribution < -0.4 is 0 Å². The molecular formula is C18H22N2. The van der Waals surface area contributed by atoms with E-state index in [0.717, 1.165) is 0 Å². The molecule has 1 fully saturated rings. The highest BCUT2D eigenvalue weighted by atomic mass is 15.1. The molecule has 1 aromatic carbocycles. The number of hydrogen-bond donors (Lipinski definition) is 1. The summed E-state index contributed by atoms with van der Waals surface area (Å²) in [5, 5.41) is 1.39. The first-order chi connectivity index (χ1) is 9.72. The fraction of sp³-hybridized carbons (Fsp3) is 0.444. The SMILES string of the molecule is C=C1c2[nH]c3ccccc3c2[C@H]2[C@@H](CC)[C@@H]1CCN2C. The predicted molar refractivity (Wildman–Crippen MR) is 84.6 cm³/mol. The van der Waals surface area contributed by atoms with E-state index in [0.29, 0.717) is 17.9 Å². The third-order valence-corrected chi connectivity index (χ3v) is 5.47. The molecule has 1 aliphatic heterocycles. The Kier molecular flexibility index (Phi) is 2.58. The number of H-pyrrole nitrogens is 1. The zero-order chi connectivity index (χ0) is 13.9. The monoisotopic (exact) mass is 266 g/mol. The van der Waals surface area contributed by atoms with E-state index in [2.05, 4.69) is 54.7 Å². The second-order valence-electron chi connectivity index (χ2n) is 6.38. The quantitative estimate of drug-likeness (QED) is 0.819. The lowest BCUT2D eigenvalue weighted by atomic mass is 9.66. The van der Waals surface area contributed by atoms with Gasteiger partial charge in [0.15, 0.2) is 0 Å². The minimum Gasteiger partial charge on any atom is -0.355 e. The molecule has 2 aliphatic rings. The Morgan fingerprint density at radius 1 is 1.35 bits per heavy atom. The number of nitrogens with one attached hydrogen (secondary N) is 1. The molecule has 1 aliphatic carbocycles. The van der Waals surface area contributed by atoms with E-state index in [-0.39, 0.29) is 0 Å². The van der Waals surface area contributed by atoms with Crippen molar-refractivity contribution in [1.29, 1.82) is 0 Å². The van der Waals surface area contributed by atoms with Crippen molar-refractivity contribution in [2.24, 2.45) is 11.8 Å². The fourth-order valence-electron chi connectivity index (χ4n) is 4.53. The molecule has 20 heavy (non-hydrogen) atoms. The standard InChI is InChI=1S/C18H22N2/c1-4-12-13-9-10-20(3)18(12)16-14-7-5-6-8-15(14)19-17(16)11(13)2/h5-8,12-13,18-19H,2,4,9-10H2,1,3H3/t12-,13+,18+/m0/s1. The minimum absolute atomic E-state index is 0.551. The van der Waals surface area contributed by atoms with Gasteiger partial charge in [0.25, 0.3) is 0 Å². The van der Waals surface area contributed by atoms with Crippen molar-refractivity contribution in [3.8, 4) is 0 Å². The van der Waals surface area contributed by atoms with Gasteiger partial charge in [-0.1, -0.05) is 38.1 Å². The van der Waals surface area contributed by atoms with Crippen LogP contribution in [-0.4, -0.2) is 23.5 Å². The van der Waals surface area contributed by atoms with E-state index in [1.165, 1.54) is 47.1 Å². The number of allylic oxidation sites excluding steroid dienone is 1. The van der Waals surface area contributed by atoms with Gasteiger partial charge in [0.05, 0.1) is 0 Å². The molecule has 1 N–H and O–H groups in total. The van der Waals surface area contributed by atoms with Crippen LogP contribution in [0.5, 0.6) is 0 Å². The molecule has 1 aromatic heterocycles. The van der Waals surface area contributed by atoms with E-state index in [1.807, 2.05) is 0 Å². The number of likely N-dealkylation sites (tertiary alicyclic amines) is 1. The molecule has 2 heteroatoms. The lowest BCUT2D eigenvalue weighted by molar-refractivity contribution is 0.0839. The maximum atomic E-state index is 4.44. The van der Waals surface area contributed by atoms with Gasteiger partial charge in [-0.05, 0) is 43.5 Å². The number of benzene rings is 1. The molecule has 104 valence electrons. The van der Waals surface area contributed by atoms with E-state index >= 15 is 0 Å². The van der Waals surface area contributed by atoms with E-state index in [9.17, 15) is 0 Å². The maximum Gasteiger partial charge on any atom is 0.0469 e. The molecule has 1 saturated heterocycles. The number of nitrogens with zero attached hydrogens (tertiary/aromatic N) is 1. The summed E-state index contributed by atoms with van der Waals surface area (Å²) in [6.45, 7) is 7.96. The first-order valence-electron chi connectivity index (χ1n) is 7.72. The van der Waals surface area contributed by atoms with Crippen LogP contribution in [0.15, 0.2) is 30.8 Å². The first kappa shape index (κ1) is 12.2. The van der Waals surface area contributed by atoms with Crippen LogP contribution >= 0.6 is 0 Å². The largest absolute Gasteiger partial charge is 0.355 e. The van der Waals surface area contributed by atoms with Crippen molar-refractivity contribution in [2.45, 2.75) is 25.8 Å². The second kappa shape index (κ2) is 4.23. The number of fused-ring (bicyclic) bond motifs is 6. The Bertz CT molecular complexity index is 682. The van der Waals surface area contributed by atoms with Crippen LogP contribution in [0.1, 0.15) is 37.1 Å². The average molecular weight is 266 g/mol. The minimum atomic E-state index is 0.551. The van der Waals surface area contributed by atoms with Crippen LogP contribution in [0.4, 0.5) is 0 Å². The second-order valence-corrected chi connectivity index (χ2v) is 6.38. The van der Waals surface area contributed by atoms with Crippen LogP contribution in [0.25, 0.3) is 16.5 Å².